The molecule has 0 spiro atoms. The molecule has 1 atom stereocenters. The third-order valence-corrected chi connectivity index (χ3v) is 4.00. The first kappa shape index (κ1) is 14.4. The largest absolute Gasteiger partial charge is 0.390 e. The Bertz CT molecular complexity index is 402. The zero-order chi connectivity index (χ0) is 13.7. The van der Waals surface area contributed by atoms with Crippen molar-refractivity contribution >= 4 is 5.69 Å². The molecule has 19 heavy (non-hydrogen) atoms. The number of hydrogen-bond donors (Lipinski definition) is 2. The lowest BCUT2D eigenvalue weighted by atomic mass is 10.1. The summed E-state index contributed by atoms with van der Waals surface area (Å²) in [6.07, 6.45) is 3.39. The van der Waals surface area contributed by atoms with E-state index in [1.165, 1.54) is 30.4 Å². The highest BCUT2D eigenvalue weighted by Gasteiger charge is 2.12. The van der Waals surface area contributed by atoms with Gasteiger partial charge in [-0.25, -0.2) is 0 Å². The lowest BCUT2D eigenvalue weighted by Crippen LogP contribution is -2.35. The number of aryl methyl sites for hydroxylation is 2. The molecule has 3 heteroatoms. The van der Waals surface area contributed by atoms with E-state index < -0.39 is 0 Å². The van der Waals surface area contributed by atoms with Crippen molar-refractivity contribution in [2.45, 2.75) is 39.2 Å². The first-order chi connectivity index (χ1) is 9.22. The second kappa shape index (κ2) is 6.92. The molecule has 2 rings (SSSR count). The minimum atomic E-state index is -0.312. The van der Waals surface area contributed by atoms with E-state index in [4.69, 9.17) is 0 Å². The minimum absolute atomic E-state index is 0.312. The Hall–Kier alpha value is -1.06. The average Bonchev–Trinajstić information content (AvgIpc) is 2.89. The van der Waals surface area contributed by atoms with Gasteiger partial charge in [0.2, 0.25) is 0 Å². The summed E-state index contributed by atoms with van der Waals surface area (Å²) in [6, 6.07) is 6.60. The summed E-state index contributed by atoms with van der Waals surface area (Å²) < 4.78 is 0. The van der Waals surface area contributed by atoms with Crippen LogP contribution in [0.1, 0.15) is 31.4 Å². The van der Waals surface area contributed by atoms with Gasteiger partial charge in [0.05, 0.1) is 6.10 Å². The van der Waals surface area contributed by atoms with Crippen LogP contribution in [0, 0.1) is 0 Å². The van der Waals surface area contributed by atoms with Gasteiger partial charge in [-0.1, -0.05) is 19.9 Å². The highest BCUT2D eigenvalue weighted by atomic mass is 16.3. The van der Waals surface area contributed by atoms with Gasteiger partial charge in [0.1, 0.15) is 0 Å². The summed E-state index contributed by atoms with van der Waals surface area (Å²) in [7, 11) is 0. The molecule has 1 aliphatic rings. The Morgan fingerprint density at radius 2 is 1.95 bits per heavy atom. The zero-order valence-corrected chi connectivity index (χ0v) is 12.2. The van der Waals surface area contributed by atoms with Crippen molar-refractivity contribution in [3.8, 4) is 0 Å². The number of hydrogen-bond acceptors (Lipinski definition) is 3. The number of anilines is 1. The van der Waals surface area contributed by atoms with Crippen LogP contribution in [0.3, 0.4) is 0 Å². The number of aliphatic hydroxyl groups excluding tert-OH is 1. The predicted octanol–water partition coefficient (Wildman–Crippen LogP) is 2.29. The average molecular weight is 262 g/mol. The van der Waals surface area contributed by atoms with Crippen molar-refractivity contribution in [1.29, 1.82) is 0 Å². The topological polar surface area (TPSA) is 35.5 Å². The van der Waals surface area contributed by atoms with Crippen LogP contribution in [0.2, 0.25) is 0 Å². The molecular weight excluding hydrogens is 236 g/mol. The van der Waals surface area contributed by atoms with E-state index in [0.717, 1.165) is 25.3 Å². The van der Waals surface area contributed by atoms with Gasteiger partial charge in [0.25, 0.3) is 0 Å². The van der Waals surface area contributed by atoms with E-state index >= 15 is 0 Å². The summed E-state index contributed by atoms with van der Waals surface area (Å²) in [6.45, 7) is 7.60. The SMILES string of the molecule is CCN(CC)CC(O)CNc1ccc2c(c1)CCC2. The van der Waals surface area contributed by atoms with Gasteiger partial charge in [0, 0.05) is 18.8 Å². The summed E-state index contributed by atoms with van der Waals surface area (Å²) in [5, 5.41) is 13.4. The second-order valence-corrected chi connectivity index (χ2v) is 5.36. The monoisotopic (exact) mass is 262 g/mol. The van der Waals surface area contributed by atoms with Crippen molar-refractivity contribution in [2.75, 3.05) is 31.5 Å². The van der Waals surface area contributed by atoms with Crippen LogP contribution in [-0.2, 0) is 12.8 Å². The third-order valence-electron chi connectivity index (χ3n) is 4.00. The van der Waals surface area contributed by atoms with Crippen LogP contribution in [0.5, 0.6) is 0 Å². The van der Waals surface area contributed by atoms with Crippen LogP contribution in [0.15, 0.2) is 18.2 Å². The van der Waals surface area contributed by atoms with Crippen LogP contribution < -0.4 is 5.32 Å². The van der Waals surface area contributed by atoms with Crippen LogP contribution in [0.25, 0.3) is 0 Å². The molecule has 0 bridgehead atoms. The Balaban J connectivity index is 1.81. The quantitative estimate of drug-likeness (QED) is 0.791. The maximum atomic E-state index is 10.0. The molecule has 1 unspecified atom stereocenters. The van der Waals surface area contributed by atoms with Gasteiger partial charge in [-0.05, 0) is 55.6 Å². The lowest BCUT2D eigenvalue weighted by Gasteiger charge is -2.22. The maximum Gasteiger partial charge on any atom is 0.0839 e. The fourth-order valence-corrected chi connectivity index (χ4v) is 2.76. The van der Waals surface area contributed by atoms with Crippen molar-refractivity contribution < 1.29 is 5.11 Å². The maximum absolute atomic E-state index is 10.0. The molecule has 0 aliphatic heterocycles. The molecule has 0 saturated heterocycles. The van der Waals surface area contributed by atoms with Gasteiger partial charge < -0.3 is 15.3 Å². The van der Waals surface area contributed by atoms with Gasteiger partial charge in [-0.2, -0.15) is 0 Å². The van der Waals surface area contributed by atoms with Gasteiger partial charge in [-0.3, -0.25) is 0 Å². The van der Waals surface area contributed by atoms with Crippen LogP contribution in [-0.4, -0.2) is 42.3 Å². The van der Waals surface area contributed by atoms with Crippen molar-refractivity contribution in [2.24, 2.45) is 0 Å². The molecule has 0 aromatic heterocycles. The number of nitrogens with one attached hydrogen (secondary N) is 1. The Morgan fingerprint density at radius 3 is 2.68 bits per heavy atom. The second-order valence-electron chi connectivity index (χ2n) is 5.36. The van der Waals surface area contributed by atoms with Gasteiger partial charge in [0.15, 0.2) is 0 Å². The molecule has 106 valence electrons. The lowest BCUT2D eigenvalue weighted by molar-refractivity contribution is 0.128. The van der Waals surface area contributed by atoms with E-state index in [0.29, 0.717) is 6.54 Å². The zero-order valence-electron chi connectivity index (χ0n) is 12.2. The summed E-state index contributed by atoms with van der Waals surface area (Å²) in [4.78, 5) is 2.25. The van der Waals surface area contributed by atoms with E-state index in [1.807, 2.05) is 0 Å². The highest BCUT2D eigenvalue weighted by molar-refractivity contribution is 5.50. The molecule has 0 heterocycles. The van der Waals surface area contributed by atoms with Crippen molar-refractivity contribution in [3.63, 3.8) is 0 Å². The van der Waals surface area contributed by atoms with E-state index in [9.17, 15) is 5.11 Å². The third kappa shape index (κ3) is 3.95. The Morgan fingerprint density at radius 1 is 1.21 bits per heavy atom. The molecule has 0 amide bonds. The molecule has 3 nitrogen and oxygen atoms in total. The van der Waals surface area contributed by atoms with Crippen molar-refractivity contribution in [1.82, 2.24) is 4.90 Å². The molecule has 1 aromatic rings. The summed E-state index contributed by atoms with van der Waals surface area (Å²) in [5.41, 5.74) is 4.11. The fraction of sp³-hybridized carbons (Fsp3) is 0.625. The van der Waals surface area contributed by atoms with E-state index in [-0.39, 0.29) is 6.10 Å². The van der Waals surface area contributed by atoms with Crippen LogP contribution >= 0.6 is 0 Å². The number of aliphatic hydroxyl groups is 1. The number of benzene rings is 1. The summed E-state index contributed by atoms with van der Waals surface area (Å²) in [5.74, 6) is 0. The minimum Gasteiger partial charge on any atom is -0.390 e. The molecule has 2 N–H and O–H groups in total. The molecule has 0 radical (unpaired) electrons. The van der Waals surface area contributed by atoms with E-state index in [2.05, 4.69) is 42.3 Å². The molecular formula is C16H26N2O. The first-order valence-corrected chi connectivity index (χ1v) is 7.49. The number of nitrogens with zero attached hydrogens (tertiary/aromatic N) is 1. The number of fused-ring (bicyclic) bond motifs is 1. The molecule has 0 saturated carbocycles. The highest BCUT2D eigenvalue weighted by Crippen LogP contribution is 2.24. The number of likely N-dealkylation sites (N-methyl/N-ethyl adjacent to an activating group) is 1. The Kier molecular flexibility index (Phi) is 5.23. The predicted molar refractivity (Wildman–Crippen MR) is 80.8 cm³/mol. The molecule has 1 aromatic carbocycles. The normalized spacial score (nSPS) is 15.6. The Labute approximate surface area is 116 Å². The fourth-order valence-electron chi connectivity index (χ4n) is 2.76. The smallest absolute Gasteiger partial charge is 0.0839 e. The van der Waals surface area contributed by atoms with Crippen molar-refractivity contribution in [3.05, 3.63) is 29.3 Å². The number of rotatable bonds is 7. The first-order valence-electron chi connectivity index (χ1n) is 7.49. The standard InChI is InChI=1S/C16H26N2O/c1-3-18(4-2)12-16(19)11-17-15-9-8-13-6-5-7-14(13)10-15/h8-10,16-17,19H,3-7,11-12H2,1-2H3. The van der Waals surface area contributed by atoms with Crippen LogP contribution in [0.4, 0.5) is 5.69 Å². The van der Waals surface area contributed by atoms with Gasteiger partial charge in [-0.15, -0.1) is 0 Å². The van der Waals surface area contributed by atoms with Gasteiger partial charge >= 0.3 is 0 Å². The van der Waals surface area contributed by atoms with E-state index in [1.54, 1.807) is 0 Å². The molecule has 0 fully saturated rings. The molecule has 1 aliphatic carbocycles. The summed E-state index contributed by atoms with van der Waals surface area (Å²) >= 11 is 0.